The summed E-state index contributed by atoms with van der Waals surface area (Å²) in [5, 5.41) is 0. The molecule has 0 heterocycles. The molecule has 0 radical (unpaired) electrons. The molecule has 0 aliphatic rings. The zero-order valence-corrected chi connectivity index (χ0v) is 10.4. The molecule has 0 nitrogen and oxygen atoms in total. The maximum Gasteiger partial charge on any atom is -0.0206 e. The van der Waals surface area contributed by atoms with Gasteiger partial charge in [0.2, 0.25) is 0 Å². The van der Waals surface area contributed by atoms with Gasteiger partial charge in [-0.05, 0) is 30.6 Å². The summed E-state index contributed by atoms with van der Waals surface area (Å²) in [5.74, 6) is 2.96. The topological polar surface area (TPSA) is 0 Å². The number of hydrogen-bond acceptors (Lipinski definition) is 0. The van der Waals surface area contributed by atoms with Crippen LogP contribution in [0.2, 0.25) is 0 Å². The summed E-state index contributed by atoms with van der Waals surface area (Å²) in [4.78, 5) is 0. The van der Waals surface area contributed by atoms with Gasteiger partial charge in [-0.1, -0.05) is 53.2 Å². The van der Waals surface area contributed by atoms with Crippen LogP contribution in [0.1, 0.15) is 48.5 Å². The van der Waals surface area contributed by atoms with E-state index in [4.69, 9.17) is 0 Å². The Bertz CT molecular complexity index is 147. The van der Waals surface area contributed by atoms with Crippen molar-refractivity contribution in [2.75, 3.05) is 0 Å². The van der Waals surface area contributed by atoms with Crippen LogP contribution in [0.15, 0.2) is 11.6 Å². The molecule has 0 aliphatic heterocycles. The van der Waals surface area contributed by atoms with E-state index in [1.807, 2.05) is 0 Å². The normalized spacial score (nSPS) is 16.1. The van der Waals surface area contributed by atoms with E-state index in [1.165, 1.54) is 0 Å². The Morgan fingerprint density at radius 3 is 1.23 bits per heavy atom. The van der Waals surface area contributed by atoms with Crippen molar-refractivity contribution in [3.8, 4) is 0 Å². The van der Waals surface area contributed by atoms with E-state index in [0.29, 0.717) is 0 Å². The van der Waals surface area contributed by atoms with E-state index >= 15 is 0 Å². The molecule has 0 spiro atoms. The molecule has 0 aromatic heterocycles. The highest BCUT2D eigenvalue weighted by Gasteiger charge is 2.19. The van der Waals surface area contributed by atoms with Gasteiger partial charge in [0.25, 0.3) is 0 Å². The zero-order chi connectivity index (χ0) is 10.6. The summed E-state index contributed by atoms with van der Waals surface area (Å²) in [6, 6.07) is 0. The largest absolute Gasteiger partial charge is 0.0879 e. The van der Waals surface area contributed by atoms with Gasteiger partial charge in [0.1, 0.15) is 0 Å². The van der Waals surface area contributed by atoms with Crippen molar-refractivity contribution in [2.24, 2.45) is 23.7 Å². The predicted octanol–water partition coefficient (Wildman–Crippen LogP) is 4.52. The molecular formula is C13H26. The fraction of sp³-hybridized carbons (Fsp3) is 0.846. The van der Waals surface area contributed by atoms with E-state index in [9.17, 15) is 0 Å². The first-order valence-electron chi connectivity index (χ1n) is 5.57. The van der Waals surface area contributed by atoms with Crippen LogP contribution in [0.4, 0.5) is 0 Å². The average molecular weight is 182 g/mol. The third-order valence-electron chi connectivity index (χ3n) is 3.38. The molecule has 0 saturated carbocycles. The lowest BCUT2D eigenvalue weighted by molar-refractivity contribution is 0.382. The summed E-state index contributed by atoms with van der Waals surface area (Å²) in [6.45, 7) is 16.1. The Kier molecular flexibility index (Phi) is 5.36. The van der Waals surface area contributed by atoms with E-state index in [2.05, 4.69) is 54.5 Å². The Hall–Kier alpha value is -0.260. The van der Waals surface area contributed by atoms with Crippen LogP contribution in [-0.2, 0) is 0 Å². The SMILES string of the molecule is CC=C(C(C)C(C)C)C(C)C(C)C. The van der Waals surface area contributed by atoms with Crippen molar-refractivity contribution in [3.05, 3.63) is 11.6 Å². The highest BCUT2D eigenvalue weighted by Crippen LogP contribution is 2.30. The second-order valence-corrected chi connectivity index (χ2v) is 4.85. The van der Waals surface area contributed by atoms with Crippen molar-refractivity contribution >= 4 is 0 Å². The van der Waals surface area contributed by atoms with Gasteiger partial charge in [0.15, 0.2) is 0 Å². The molecule has 0 fully saturated rings. The van der Waals surface area contributed by atoms with Crippen LogP contribution in [0, 0.1) is 23.7 Å². The van der Waals surface area contributed by atoms with Crippen LogP contribution in [0.25, 0.3) is 0 Å². The third kappa shape index (κ3) is 3.54. The second kappa shape index (κ2) is 5.47. The van der Waals surface area contributed by atoms with Crippen LogP contribution in [-0.4, -0.2) is 0 Å². The number of rotatable bonds is 4. The van der Waals surface area contributed by atoms with Crippen LogP contribution >= 0.6 is 0 Å². The monoisotopic (exact) mass is 182 g/mol. The van der Waals surface area contributed by atoms with Gasteiger partial charge in [-0.3, -0.25) is 0 Å². The Balaban J connectivity index is 4.53. The molecule has 0 amide bonds. The number of hydrogen-bond donors (Lipinski definition) is 0. The van der Waals surface area contributed by atoms with Gasteiger partial charge in [-0.15, -0.1) is 0 Å². The van der Waals surface area contributed by atoms with Crippen molar-refractivity contribution in [1.82, 2.24) is 0 Å². The molecule has 0 rings (SSSR count). The summed E-state index contributed by atoms with van der Waals surface area (Å²) >= 11 is 0. The maximum absolute atomic E-state index is 2.35. The maximum atomic E-state index is 2.35. The average Bonchev–Trinajstić information content (AvgIpc) is 2.04. The lowest BCUT2D eigenvalue weighted by Gasteiger charge is -2.27. The molecule has 0 saturated heterocycles. The van der Waals surface area contributed by atoms with Gasteiger partial charge in [0.05, 0.1) is 0 Å². The van der Waals surface area contributed by atoms with Crippen molar-refractivity contribution in [1.29, 1.82) is 0 Å². The molecule has 0 N–H and O–H groups in total. The van der Waals surface area contributed by atoms with Crippen molar-refractivity contribution in [2.45, 2.75) is 48.5 Å². The van der Waals surface area contributed by atoms with Crippen molar-refractivity contribution in [3.63, 3.8) is 0 Å². The molecule has 0 heteroatoms. The van der Waals surface area contributed by atoms with E-state index in [0.717, 1.165) is 23.7 Å². The minimum Gasteiger partial charge on any atom is -0.0879 e. The fourth-order valence-electron chi connectivity index (χ4n) is 1.71. The van der Waals surface area contributed by atoms with Gasteiger partial charge in [0, 0.05) is 0 Å². The molecule has 78 valence electrons. The van der Waals surface area contributed by atoms with E-state index in [1.54, 1.807) is 5.57 Å². The molecule has 13 heavy (non-hydrogen) atoms. The first-order chi connectivity index (χ1) is 5.91. The first kappa shape index (κ1) is 12.7. The molecule has 2 unspecified atom stereocenters. The quantitative estimate of drug-likeness (QED) is 0.561. The van der Waals surface area contributed by atoms with Gasteiger partial charge >= 0.3 is 0 Å². The van der Waals surface area contributed by atoms with Gasteiger partial charge in [-0.2, -0.15) is 0 Å². The summed E-state index contributed by atoms with van der Waals surface area (Å²) < 4.78 is 0. The second-order valence-electron chi connectivity index (χ2n) is 4.85. The smallest absolute Gasteiger partial charge is 0.0206 e. The molecule has 2 atom stereocenters. The van der Waals surface area contributed by atoms with Crippen LogP contribution < -0.4 is 0 Å². The first-order valence-corrected chi connectivity index (χ1v) is 5.57. The third-order valence-corrected chi connectivity index (χ3v) is 3.38. The van der Waals surface area contributed by atoms with Gasteiger partial charge in [-0.25, -0.2) is 0 Å². The molecule has 0 aromatic carbocycles. The molecule has 0 aliphatic carbocycles. The molecule has 0 bridgehead atoms. The van der Waals surface area contributed by atoms with Crippen LogP contribution in [0.5, 0.6) is 0 Å². The highest BCUT2D eigenvalue weighted by atomic mass is 14.2. The lowest BCUT2D eigenvalue weighted by atomic mass is 9.78. The zero-order valence-electron chi connectivity index (χ0n) is 10.4. The standard InChI is InChI=1S/C13H26/c1-8-13(11(6)9(2)3)12(7)10(4)5/h8-12H,1-7H3. The minimum atomic E-state index is 0.724. The predicted molar refractivity (Wildman–Crippen MR) is 61.8 cm³/mol. The lowest BCUT2D eigenvalue weighted by Crippen LogP contribution is -2.17. The van der Waals surface area contributed by atoms with Crippen molar-refractivity contribution < 1.29 is 0 Å². The highest BCUT2D eigenvalue weighted by molar-refractivity contribution is 5.09. The molecular weight excluding hydrogens is 156 g/mol. The number of allylic oxidation sites excluding steroid dienone is 2. The Morgan fingerprint density at radius 1 is 0.769 bits per heavy atom. The summed E-state index contributed by atoms with van der Waals surface area (Å²) in [5.41, 5.74) is 1.63. The van der Waals surface area contributed by atoms with Crippen LogP contribution in [0.3, 0.4) is 0 Å². The Labute approximate surface area is 84.4 Å². The fourth-order valence-corrected chi connectivity index (χ4v) is 1.71. The minimum absolute atomic E-state index is 0.724. The van der Waals surface area contributed by atoms with Gasteiger partial charge < -0.3 is 0 Å². The Morgan fingerprint density at radius 2 is 1.08 bits per heavy atom. The van der Waals surface area contributed by atoms with E-state index < -0.39 is 0 Å². The summed E-state index contributed by atoms with van der Waals surface area (Å²) in [7, 11) is 0. The molecule has 0 aromatic rings. The van der Waals surface area contributed by atoms with E-state index in [-0.39, 0.29) is 0 Å². The summed E-state index contributed by atoms with van der Waals surface area (Å²) in [6.07, 6.45) is 2.31.